The van der Waals surface area contributed by atoms with E-state index in [0.717, 1.165) is 19.5 Å². The van der Waals surface area contributed by atoms with Gasteiger partial charge in [-0.25, -0.2) is 0 Å². The van der Waals surface area contributed by atoms with Crippen molar-refractivity contribution in [1.29, 1.82) is 0 Å². The number of likely N-dealkylation sites (N-methyl/N-ethyl adjacent to an activating group) is 1. The number of carboxylic acids is 1. The van der Waals surface area contributed by atoms with E-state index in [-0.39, 0.29) is 0 Å². The highest BCUT2D eigenvalue weighted by atomic mass is 16.4. The van der Waals surface area contributed by atoms with Crippen LogP contribution in [-0.4, -0.2) is 59.1 Å². The highest BCUT2D eigenvalue weighted by Crippen LogP contribution is 2.30. The summed E-state index contributed by atoms with van der Waals surface area (Å²) in [5, 5.41) is 8.90. The topological polar surface area (TPSA) is 43.8 Å². The molecule has 4 nitrogen and oxygen atoms in total. The Bertz CT molecular complexity index is 290. The molecule has 2 fully saturated rings. The van der Waals surface area contributed by atoms with Gasteiger partial charge in [0.1, 0.15) is 0 Å². The summed E-state index contributed by atoms with van der Waals surface area (Å²) in [5.74, 6) is -0.665. The summed E-state index contributed by atoms with van der Waals surface area (Å²) in [6.45, 7) is 4.43. The molecule has 0 amide bonds. The van der Waals surface area contributed by atoms with Gasteiger partial charge in [-0.05, 0) is 33.2 Å². The largest absolute Gasteiger partial charge is 0.481 e. The maximum atomic E-state index is 10.8. The summed E-state index contributed by atoms with van der Waals surface area (Å²) in [6, 6.07) is 1.69. The molecular weight excluding hydrogens is 228 g/mol. The maximum absolute atomic E-state index is 10.8. The average Bonchev–Trinajstić information content (AvgIpc) is 2.78. The third kappa shape index (κ3) is 3.23. The molecule has 1 N–H and O–H groups in total. The molecule has 2 unspecified atom stereocenters. The molecule has 1 aliphatic heterocycles. The van der Waals surface area contributed by atoms with Crippen molar-refractivity contribution >= 4 is 5.97 Å². The summed E-state index contributed by atoms with van der Waals surface area (Å²) >= 11 is 0. The third-order valence-electron chi connectivity index (χ3n) is 4.47. The number of nitrogens with zero attached hydrogens (tertiary/aromatic N) is 2. The fraction of sp³-hybridized carbons (Fsp3) is 0.929. The molecule has 0 radical (unpaired) electrons. The zero-order valence-electron chi connectivity index (χ0n) is 11.6. The van der Waals surface area contributed by atoms with Crippen LogP contribution >= 0.6 is 0 Å². The van der Waals surface area contributed by atoms with Gasteiger partial charge in [0.15, 0.2) is 0 Å². The molecule has 0 spiro atoms. The first-order chi connectivity index (χ1) is 8.58. The van der Waals surface area contributed by atoms with Gasteiger partial charge in [0, 0.05) is 37.6 Å². The lowest BCUT2D eigenvalue weighted by molar-refractivity contribution is -0.137. The fourth-order valence-corrected chi connectivity index (χ4v) is 3.82. The van der Waals surface area contributed by atoms with Crippen molar-refractivity contribution in [1.82, 2.24) is 9.80 Å². The summed E-state index contributed by atoms with van der Waals surface area (Å²) < 4.78 is 0. The zero-order valence-corrected chi connectivity index (χ0v) is 11.6. The van der Waals surface area contributed by atoms with Gasteiger partial charge in [0.2, 0.25) is 0 Å². The maximum Gasteiger partial charge on any atom is 0.303 e. The van der Waals surface area contributed by atoms with Crippen LogP contribution in [0.5, 0.6) is 0 Å². The number of piperazine rings is 1. The summed E-state index contributed by atoms with van der Waals surface area (Å²) in [7, 11) is 2.15. The van der Waals surface area contributed by atoms with Crippen LogP contribution in [0.15, 0.2) is 0 Å². The minimum atomic E-state index is -0.665. The van der Waals surface area contributed by atoms with E-state index in [1.165, 1.54) is 25.7 Å². The first-order valence-corrected chi connectivity index (χ1v) is 7.25. The van der Waals surface area contributed by atoms with Crippen molar-refractivity contribution in [3.63, 3.8) is 0 Å². The van der Waals surface area contributed by atoms with Crippen molar-refractivity contribution in [2.75, 3.05) is 20.1 Å². The highest BCUT2D eigenvalue weighted by Gasteiger charge is 2.36. The lowest BCUT2D eigenvalue weighted by atomic mass is 9.99. The molecular formula is C14H26N2O2. The minimum Gasteiger partial charge on any atom is -0.481 e. The monoisotopic (exact) mass is 254 g/mol. The van der Waals surface area contributed by atoms with E-state index in [2.05, 4.69) is 23.8 Å². The summed E-state index contributed by atoms with van der Waals surface area (Å²) in [4.78, 5) is 15.8. The third-order valence-corrected chi connectivity index (χ3v) is 4.47. The van der Waals surface area contributed by atoms with Crippen LogP contribution in [0, 0.1) is 0 Å². The van der Waals surface area contributed by atoms with Crippen LogP contribution in [0.2, 0.25) is 0 Å². The van der Waals surface area contributed by atoms with Gasteiger partial charge in [0.05, 0.1) is 0 Å². The smallest absolute Gasteiger partial charge is 0.303 e. The van der Waals surface area contributed by atoms with Gasteiger partial charge in [-0.2, -0.15) is 0 Å². The van der Waals surface area contributed by atoms with E-state index >= 15 is 0 Å². The number of rotatable bonds is 4. The van der Waals surface area contributed by atoms with E-state index in [1.807, 2.05) is 0 Å². The predicted octanol–water partition coefficient (Wildman–Crippen LogP) is 1.80. The van der Waals surface area contributed by atoms with Crippen molar-refractivity contribution in [2.45, 2.75) is 63.6 Å². The van der Waals surface area contributed by atoms with Crippen LogP contribution in [0.4, 0.5) is 0 Å². The standard InChI is InChI=1S/C14H26N2O2/c1-11-9-15(2)10-13(7-8-14(17)18)16(11)12-5-3-4-6-12/h11-13H,3-10H2,1-2H3,(H,17,18). The Kier molecular flexibility index (Phi) is 4.62. The number of carboxylic acid groups (broad SMARTS) is 1. The second-order valence-electron chi connectivity index (χ2n) is 6.04. The van der Waals surface area contributed by atoms with E-state index in [4.69, 9.17) is 5.11 Å². The van der Waals surface area contributed by atoms with Gasteiger partial charge in [-0.15, -0.1) is 0 Å². The first-order valence-electron chi connectivity index (χ1n) is 7.25. The SMILES string of the molecule is CC1CN(C)CC(CCC(=O)O)N1C1CCCC1. The molecule has 2 atom stereocenters. The Balaban J connectivity index is 2.02. The second kappa shape index (κ2) is 6.02. The Morgan fingerprint density at radius 1 is 1.28 bits per heavy atom. The second-order valence-corrected chi connectivity index (χ2v) is 6.04. The Labute approximate surface area is 110 Å². The predicted molar refractivity (Wildman–Crippen MR) is 71.7 cm³/mol. The van der Waals surface area contributed by atoms with Gasteiger partial charge in [-0.1, -0.05) is 12.8 Å². The van der Waals surface area contributed by atoms with E-state index in [0.29, 0.717) is 24.5 Å². The Morgan fingerprint density at radius 2 is 1.94 bits per heavy atom. The number of hydrogen-bond donors (Lipinski definition) is 1. The van der Waals surface area contributed by atoms with Crippen LogP contribution < -0.4 is 0 Å². The molecule has 0 aromatic heterocycles. The van der Waals surface area contributed by atoms with E-state index < -0.39 is 5.97 Å². The Hall–Kier alpha value is -0.610. The van der Waals surface area contributed by atoms with Gasteiger partial charge < -0.3 is 10.0 Å². The molecule has 0 bridgehead atoms. The molecule has 0 aromatic rings. The molecule has 1 aliphatic carbocycles. The lowest BCUT2D eigenvalue weighted by Gasteiger charge is -2.47. The molecule has 0 aromatic carbocycles. The van der Waals surface area contributed by atoms with Crippen molar-refractivity contribution in [2.24, 2.45) is 0 Å². The average molecular weight is 254 g/mol. The number of hydrogen-bond acceptors (Lipinski definition) is 3. The summed E-state index contributed by atoms with van der Waals surface area (Å²) in [5.41, 5.74) is 0. The Morgan fingerprint density at radius 3 is 2.56 bits per heavy atom. The minimum absolute atomic E-state index is 0.300. The molecule has 2 rings (SSSR count). The lowest BCUT2D eigenvalue weighted by Crippen LogP contribution is -2.59. The van der Waals surface area contributed by atoms with E-state index in [9.17, 15) is 4.79 Å². The fourth-order valence-electron chi connectivity index (χ4n) is 3.82. The van der Waals surface area contributed by atoms with Crippen molar-refractivity contribution in [3.05, 3.63) is 0 Å². The molecule has 1 saturated heterocycles. The van der Waals surface area contributed by atoms with Crippen LogP contribution in [0.3, 0.4) is 0 Å². The first kappa shape index (κ1) is 13.8. The molecule has 104 valence electrons. The van der Waals surface area contributed by atoms with Gasteiger partial charge in [-0.3, -0.25) is 9.69 Å². The quantitative estimate of drug-likeness (QED) is 0.831. The number of aliphatic carboxylic acids is 1. The number of carbonyl (C=O) groups is 1. The van der Waals surface area contributed by atoms with E-state index in [1.54, 1.807) is 0 Å². The zero-order chi connectivity index (χ0) is 13.1. The van der Waals surface area contributed by atoms with Crippen LogP contribution in [0.1, 0.15) is 45.4 Å². The molecule has 1 saturated carbocycles. The van der Waals surface area contributed by atoms with Crippen LogP contribution in [0.25, 0.3) is 0 Å². The van der Waals surface area contributed by atoms with Gasteiger partial charge >= 0.3 is 5.97 Å². The highest BCUT2D eigenvalue weighted by molar-refractivity contribution is 5.66. The van der Waals surface area contributed by atoms with Crippen molar-refractivity contribution in [3.8, 4) is 0 Å². The van der Waals surface area contributed by atoms with Crippen molar-refractivity contribution < 1.29 is 9.90 Å². The normalized spacial score (nSPS) is 31.9. The molecule has 4 heteroatoms. The molecule has 18 heavy (non-hydrogen) atoms. The summed E-state index contributed by atoms with van der Waals surface area (Å²) in [6.07, 6.45) is 6.38. The van der Waals surface area contributed by atoms with Crippen LogP contribution in [-0.2, 0) is 4.79 Å². The van der Waals surface area contributed by atoms with Gasteiger partial charge in [0.25, 0.3) is 0 Å². The molecule has 2 aliphatic rings. The molecule has 1 heterocycles.